The van der Waals surface area contributed by atoms with Gasteiger partial charge in [-0.1, -0.05) is 42.5 Å². The Morgan fingerprint density at radius 3 is 2.63 bits per heavy atom. The summed E-state index contributed by atoms with van der Waals surface area (Å²) in [4.78, 5) is 19.9. The summed E-state index contributed by atoms with van der Waals surface area (Å²) in [6.07, 6.45) is 3.18. The van der Waals surface area contributed by atoms with Gasteiger partial charge in [-0.05, 0) is 67.8 Å². The number of benzene rings is 2. The predicted molar refractivity (Wildman–Crippen MR) is 142 cm³/mol. The van der Waals surface area contributed by atoms with Crippen LogP contribution in [-0.4, -0.2) is 34.0 Å². The van der Waals surface area contributed by atoms with Crippen molar-refractivity contribution in [3.8, 4) is 5.00 Å². The molecule has 4 heterocycles. The number of nitrogens with one attached hydrogen (secondary N) is 1. The fourth-order valence-electron chi connectivity index (χ4n) is 5.41. The quantitative estimate of drug-likeness (QED) is 0.365. The Labute approximate surface area is 210 Å². The van der Waals surface area contributed by atoms with Crippen LogP contribution in [0.3, 0.4) is 0 Å². The number of hydrogen-bond acceptors (Lipinski definition) is 3. The van der Waals surface area contributed by atoms with Gasteiger partial charge in [-0.25, -0.2) is 4.79 Å². The molecule has 0 bridgehead atoms. The highest BCUT2D eigenvalue weighted by molar-refractivity contribution is 7.15. The molecule has 0 fully saturated rings. The normalized spacial score (nSPS) is 17.3. The molecule has 0 aliphatic carbocycles. The number of nitrogens with zero attached hydrogens (tertiary/aromatic N) is 3. The summed E-state index contributed by atoms with van der Waals surface area (Å²) < 4.78 is 2.32. The van der Waals surface area contributed by atoms with E-state index < -0.39 is 0 Å². The van der Waals surface area contributed by atoms with Gasteiger partial charge in [-0.2, -0.15) is 0 Å². The van der Waals surface area contributed by atoms with Crippen molar-refractivity contribution in [3.63, 3.8) is 0 Å². The molecule has 0 spiro atoms. The molecular weight excluding hydrogens is 452 g/mol. The van der Waals surface area contributed by atoms with E-state index >= 15 is 0 Å². The zero-order chi connectivity index (χ0) is 24.1. The fraction of sp³-hybridized carbons (Fsp3) is 0.276. The van der Waals surface area contributed by atoms with Crippen LogP contribution in [0, 0.1) is 13.8 Å². The number of amides is 2. The van der Waals surface area contributed by atoms with Crippen LogP contribution in [0.15, 0.2) is 66.9 Å². The number of aryl methyl sites for hydroxylation is 1. The van der Waals surface area contributed by atoms with Crippen molar-refractivity contribution < 1.29 is 4.79 Å². The minimum atomic E-state index is -0.183. The molecule has 2 aliphatic rings. The van der Waals surface area contributed by atoms with E-state index in [9.17, 15) is 4.79 Å². The summed E-state index contributed by atoms with van der Waals surface area (Å²) in [6.45, 7) is 6.75. The topological polar surface area (TPSA) is 40.5 Å². The highest BCUT2D eigenvalue weighted by Gasteiger charge is 2.36. The number of carbonyl (C=O) groups excluding carboxylic acids is 1. The number of rotatable bonds is 2. The monoisotopic (exact) mass is 482 g/mol. The number of likely N-dealkylation sites (N-methyl/N-ethyl adjacent to an activating group) is 1. The largest absolute Gasteiger partial charge is 0.322 e. The van der Waals surface area contributed by atoms with Crippen molar-refractivity contribution in [1.82, 2.24) is 14.4 Å². The highest BCUT2D eigenvalue weighted by Crippen LogP contribution is 2.43. The zero-order valence-corrected chi connectivity index (χ0v) is 21.2. The summed E-state index contributed by atoms with van der Waals surface area (Å²) in [5, 5.41) is 4.51. The molecule has 0 unspecified atom stereocenters. The maximum absolute atomic E-state index is 14.1. The van der Waals surface area contributed by atoms with E-state index in [1.54, 1.807) is 0 Å². The predicted octanol–water partition coefficient (Wildman–Crippen LogP) is 6.28. The lowest BCUT2D eigenvalue weighted by atomic mass is 10.0. The summed E-state index contributed by atoms with van der Waals surface area (Å²) in [7, 11) is 2.18. The van der Waals surface area contributed by atoms with Crippen LogP contribution < -0.4 is 5.32 Å². The second-order valence-electron chi connectivity index (χ2n) is 9.70. The first kappa shape index (κ1) is 22.1. The third kappa shape index (κ3) is 3.77. The molecule has 2 amide bonds. The minimum absolute atomic E-state index is 0.0685. The van der Waals surface area contributed by atoms with Gasteiger partial charge in [-0.3, -0.25) is 0 Å². The molecule has 1 atom stereocenters. The average Bonchev–Trinajstić information content (AvgIpc) is 3.44. The second-order valence-corrected chi connectivity index (χ2v) is 10.8. The Balaban J connectivity index is 1.49. The highest BCUT2D eigenvalue weighted by atomic mass is 32.1. The van der Waals surface area contributed by atoms with Crippen molar-refractivity contribution in [1.29, 1.82) is 0 Å². The standard InChI is InChI=1S/C29H30N4OS/c1-19-9-7-12-24(20(19)2)30-29(34)33-17-23-22-14-16-31(3)18-26(22)35-28(23)32-15-8-13-25(32)27(33)21-10-5-4-6-11-21/h4-13,15,27H,14,16-18H2,1-3H3,(H,30,34)/t27-/m0/s1. The lowest BCUT2D eigenvalue weighted by Crippen LogP contribution is -2.38. The molecule has 0 radical (unpaired) electrons. The van der Waals surface area contributed by atoms with Gasteiger partial charge in [0.1, 0.15) is 5.00 Å². The van der Waals surface area contributed by atoms with Gasteiger partial charge in [0, 0.05) is 35.4 Å². The molecule has 6 rings (SSSR count). The van der Waals surface area contributed by atoms with E-state index in [1.807, 2.05) is 34.4 Å². The van der Waals surface area contributed by atoms with E-state index in [0.717, 1.165) is 42.0 Å². The Bertz CT molecular complexity index is 1400. The van der Waals surface area contributed by atoms with E-state index in [1.165, 1.54) is 26.6 Å². The van der Waals surface area contributed by atoms with Gasteiger partial charge in [0.05, 0.1) is 18.3 Å². The number of carbonyl (C=O) groups is 1. The number of fused-ring (bicyclic) bond motifs is 5. The first-order valence-electron chi connectivity index (χ1n) is 12.2. The molecule has 2 aliphatic heterocycles. The Kier molecular flexibility index (Phi) is 5.50. The molecule has 0 saturated carbocycles. The molecular formula is C29H30N4OS. The van der Waals surface area contributed by atoms with Gasteiger partial charge in [0.15, 0.2) is 0 Å². The molecule has 4 aromatic rings. The molecule has 5 nitrogen and oxygen atoms in total. The van der Waals surface area contributed by atoms with Crippen LogP contribution >= 0.6 is 11.3 Å². The minimum Gasteiger partial charge on any atom is -0.310 e. The maximum atomic E-state index is 14.1. The molecule has 2 aromatic carbocycles. The SMILES string of the molecule is Cc1cccc(NC(=O)N2Cc3c(sc4c3CCN(C)C4)-n3cccc3[C@@H]2c2ccccc2)c1C. The Morgan fingerprint density at radius 2 is 1.80 bits per heavy atom. The Hall–Kier alpha value is -3.35. The maximum Gasteiger partial charge on any atom is 0.322 e. The smallest absolute Gasteiger partial charge is 0.310 e. The van der Waals surface area contributed by atoms with Gasteiger partial charge in [0.25, 0.3) is 0 Å². The lowest BCUT2D eigenvalue weighted by molar-refractivity contribution is 0.194. The van der Waals surface area contributed by atoms with E-state index in [-0.39, 0.29) is 12.1 Å². The van der Waals surface area contributed by atoms with Crippen LogP contribution in [0.25, 0.3) is 5.00 Å². The fourth-order valence-corrected chi connectivity index (χ4v) is 6.85. The summed E-state index contributed by atoms with van der Waals surface area (Å²) in [6, 6.07) is 20.5. The van der Waals surface area contributed by atoms with Crippen LogP contribution in [-0.2, 0) is 19.5 Å². The first-order chi connectivity index (χ1) is 17.0. The van der Waals surface area contributed by atoms with Crippen molar-refractivity contribution in [2.45, 2.75) is 39.4 Å². The number of aromatic nitrogens is 1. The van der Waals surface area contributed by atoms with Gasteiger partial charge in [-0.15, -0.1) is 11.3 Å². The van der Waals surface area contributed by atoms with Crippen LogP contribution in [0.1, 0.15) is 44.4 Å². The second kappa shape index (κ2) is 8.70. The zero-order valence-electron chi connectivity index (χ0n) is 20.4. The van der Waals surface area contributed by atoms with Gasteiger partial charge < -0.3 is 19.7 Å². The first-order valence-corrected chi connectivity index (χ1v) is 13.0. The van der Waals surface area contributed by atoms with E-state index in [0.29, 0.717) is 6.54 Å². The van der Waals surface area contributed by atoms with Gasteiger partial charge >= 0.3 is 6.03 Å². The third-order valence-electron chi connectivity index (χ3n) is 7.48. The number of thiophene rings is 1. The Morgan fingerprint density at radius 1 is 0.971 bits per heavy atom. The number of urea groups is 1. The summed E-state index contributed by atoms with van der Waals surface area (Å²) in [5.74, 6) is 0. The molecule has 0 saturated heterocycles. The summed E-state index contributed by atoms with van der Waals surface area (Å²) >= 11 is 1.88. The van der Waals surface area contributed by atoms with Gasteiger partial charge in [0.2, 0.25) is 0 Å². The van der Waals surface area contributed by atoms with Crippen molar-refractivity contribution in [3.05, 3.63) is 105 Å². The molecule has 2 aromatic heterocycles. The molecule has 178 valence electrons. The van der Waals surface area contributed by atoms with Crippen LogP contribution in [0.2, 0.25) is 0 Å². The van der Waals surface area contributed by atoms with E-state index in [2.05, 4.69) is 84.3 Å². The third-order valence-corrected chi connectivity index (χ3v) is 8.74. The van der Waals surface area contributed by atoms with Crippen molar-refractivity contribution >= 4 is 23.1 Å². The molecule has 35 heavy (non-hydrogen) atoms. The van der Waals surface area contributed by atoms with Crippen LogP contribution in [0.5, 0.6) is 0 Å². The number of anilines is 1. The average molecular weight is 483 g/mol. The summed E-state index contributed by atoms with van der Waals surface area (Å²) in [5.41, 5.74) is 8.12. The lowest BCUT2D eigenvalue weighted by Gasteiger charge is -2.32. The van der Waals surface area contributed by atoms with Crippen molar-refractivity contribution in [2.24, 2.45) is 0 Å². The van der Waals surface area contributed by atoms with Crippen molar-refractivity contribution in [2.75, 3.05) is 18.9 Å². The van der Waals surface area contributed by atoms with Crippen LogP contribution in [0.4, 0.5) is 10.5 Å². The molecule has 1 N–H and O–H groups in total. The van der Waals surface area contributed by atoms with E-state index in [4.69, 9.17) is 0 Å². The molecule has 6 heteroatoms. The number of hydrogen-bond donors (Lipinski definition) is 1.